The van der Waals surface area contributed by atoms with Gasteiger partial charge in [0.05, 0.1) is 5.56 Å². The smallest absolute Gasteiger partial charge is 0.231 e. The summed E-state index contributed by atoms with van der Waals surface area (Å²) in [4.78, 5) is 11.7. The highest BCUT2D eigenvalue weighted by molar-refractivity contribution is 6.11. The Kier molecular flexibility index (Phi) is 1.54. The van der Waals surface area contributed by atoms with Gasteiger partial charge in [0, 0.05) is 11.6 Å². The van der Waals surface area contributed by atoms with Crippen molar-refractivity contribution in [2.75, 3.05) is 13.4 Å². The van der Waals surface area contributed by atoms with E-state index in [0.29, 0.717) is 28.4 Å². The molecule has 0 radical (unpaired) electrons. The van der Waals surface area contributed by atoms with E-state index in [-0.39, 0.29) is 19.2 Å². The Hall–Kier alpha value is -1.97. The van der Waals surface area contributed by atoms with E-state index in [4.69, 9.17) is 14.2 Å². The summed E-state index contributed by atoms with van der Waals surface area (Å²) in [5, 5.41) is 0. The van der Waals surface area contributed by atoms with Crippen LogP contribution < -0.4 is 14.2 Å². The van der Waals surface area contributed by atoms with E-state index < -0.39 is 0 Å². The molecule has 0 fully saturated rings. The van der Waals surface area contributed by atoms with Crippen LogP contribution in [0.1, 0.15) is 10.4 Å². The highest BCUT2D eigenvalue weighted by Crippen LogP contribution is 2.40. The maximum absolute atomic E-state index is 11.7. The van der Waals surface area contributed by atoms with Gasteiger partial charge in [0.15, 0.2) is 17.3 Å². The summed E-state index contributed by atoms with van der Waals surface area (Å²) in [7, 11) is 0. The molecule has 2 aliphatic heterocycles. The zero-order valence-corrected chi connectivity index (χ0v) is 7.91. The quantitative estimate of drug-likeness (QED) is 0.601. The molecule has 0 bridgehead atoms. The maximum Gasteiger partial charge on any atom is 0.231 e. The minimum atomic E-state index is -0.0884. The van der Waals surface area contributed by atoms with Crippen LogP contribution in [0.2, 0.25) is 0 Å². The lowest BCUT2D eigenvalue weighted by atomic mass is 10.0. The minimum absolute atomic E-state index is 0.0884. The van der Waals surface area contributed by atoms with Crippen molar-refractivity contribution in [1.82, 2.24) is 0 Å². The molecule has 1 aromatic carbocycles. The van der Waals surface area contributed by atoms with Crippen LogP contribution in [0.3, 0.4) is 0 Å². The molecule has 0 amide bonds. The highest BCUT2D eigenvalue weighted by Gasteiger charge is 2.26. The number of benzene rings is 1. The van der Waals surface area contributed by atoms with Crippen molar-refractivity contribution in [3.8, 4) is 17.2 Å². The van der Waals surface area contributed by atoms with E-state index in [1.807, 2.05) is 0 Å². The molecule has 3 rings (SSSR count). The number of Topliss-reactive ketones (excluding diaryl/α,β-unsaturated/α-hetero) is 1. The molecule has 0 unspecified atom stereocenters. The molecule has 0 N–H and O–H groups in total. The fourth-order valence-electron chi connectivity index (χ4n) is 1.64. The van der Waals surface area contributed by atoms with Crippen molar-refractivity contribution < 1.29 is 19.0 Å². The summed E-state index contributed by atoms with van der Waals surface area (Å²) in [6.07, 6.45) is 0. The Bertz CT molecular complexity index is 476. The second-order valence-electron chi connectivity index (χ2n) is 3.42. The molecule has 4 heteroatoms. The summed E-state index contributed by atoms with van der Waals surface area (Å²) < 4.78 is 15.8. The van der Waals surface area contributed by atoms with Crippen LogP contribution in [0.5, 0.6) is 17.2 Å². The van der Waals surface area contributed by atoms with Crippen LogP contribution in [-0.2, 0) is 0 Å². The standard InChI is InChI=1S/C11H8O4/c1-6-4-13-8-3-10-9(14-5-15-10)2-7(8)11(6)12/h2-3H,1,4-5H2. The van der Waals surface area contributed by atoms with Gasteiger partial charge in [-0.1, -0.05) is 6.58 Å². The van der Waals surface area contributed by atoms with Crippen LogP contribution >= 0.6 is 0 Å². The maximum atomic E-state index is 11.7. The molecule has 0 atom stereocenters. The summed E-state index contributed by atoms with van der Waals surface area (Å²) >= 11 is 0. The lowest BCUT2D eigenvalue weighted by Gasteiger charge is -2.18. The number of hydrogen-bond acceptors (Lipinski definition) is 4. The van der Waals surface area contributed by atoms with Gasteiger partial charge in [-0.05, 0) is 6.07 Å². The monoisotopic (exact) mass is 204 g/mol. The lowest BCUT2D eigenvalue weighted by Crippen LogP contribution is -2.18. The fourth-order valence-corrected chi connectivity index (χ4v) is 1.64. The van der Waals surface area contributed by atoms with E-state index in [1.165, 1.54) is 0 Å². The SMILES string of the molecule is C=C1COc2cc3c(cc2C1=O)OCO3. The largest absolute Gasteiger partial charge is 0.488 e. The number of ether oxygens (including phenoxy) is 3. The molecule has 1 aromatic rings. The fraction of sp³-hybridized carbons (Fsp3) is 0.182. The van der Waals surface area contributed by atoms with Crippen LogP contribution in [0.4, 0.5) is 0 Å². The molecule has 0 aromatic heterocycles. The van der Waals surface area contributed by atoms with E-state index in [9.17, 15) is 4.79 Å². The van der Waals surface area contributed by atoms with E-state index in [2.05, 4.69) is 6.58 Å². The van der Waals surface area contributed by atoms with Crippen LogP contribution in [0.25, 0.3) is 0 Å². The molecule has 0 aliphatic carbocycles. The Morgan fingerprint density at radius 1 is 1.07 bits per heavy atom. The molecule has 76 valence electrons. The first-order chi connectivity index (χ1) is 7.25. The third kappa shape index (κ3) is 1.11. The van der Waals surface area contributed by atoms with Gasteiger partial charge >= 0.3 is 0 Å². The van der Waals surface area contributed by atoms with Gasteiger partial charge in [-0.2, -0.15) is 0 Å². The van der Waals surface area contributed by atoms with Crippen LogP contribution in [-0.4, -0.2) is 19.2 Å². The summed E-state index contributed by atoms with van der Waals surface area (Å²) in [5.41, 5.74) is 0.955. The summed E-state index contributed by atoms with van der Waals surface area (Å²) in [5.74, 6) is 1.65. The van der Waals surface area contributed by atoms with E-state index >= 15 is 0 Å². The topological polar surface area (TPSA) is 44.8 Å². The average molecular weight is 204 g/mol. The van der Waals surface area contributed by atoms with Crippen molar-refractivity contribution in [2.45, 2.75) is 0 Å². The van der Waals surface area contributed by atoms with Crippen molar-refractivity contribution >= 4 is 5.78 Å². The number of rotatable bonds is 0. The first-order valence-electron chi connectivity index (χ1n) is 4.54. The van der Waals surface area contributed by atoms with Crippen molar-refractivity contribution in [3.05, 3.63) is 29.8 Å². The Morgan fingerprint density at radius 2 is 1.80 bits per heavy atom. The van der Waals surface area contributed by atoms with Gasteiger partial charge in [0.2, 0.25) is 6.79 Å². The summed E-state index contributed by atoms with van der Waals surface area (Å²) in [6, 6.07) is 3.33. The third-order valence-corrected chi connectivity index (χ3v) is 2.44. The number of ketones is 1. The Balaban J connectivity index is 2.18. The van der Waals surface area contributed by atoms with Gasteiger partial charge in [0.25, 0.3) is 0 Å². The molecule has 0 saturated heterocycles. The lowest BCUT2D eigenvalue weighted by molar-refractivity contribution is 0.0999. The van der Waals surface area contributed by atoms with E-state index in [0.717, 1.165) is 0 Å². The molecule has 4 nitrogen and oxygen atoms in total. The molecule has 2 heterocycles. The number of fused-ring (bicyclic) bond motifs is 2. The zero-order valence-electron chi connectivity index (χ0n) is 7.91. The Labute approximate surface area is 86.1 Å². The number of carbonyl (C=O) groups is 1. The molecular weight excluding hydrogens is 196 g/mol. The molecule has 0 saturated carbocycles. The van der Waals surface area contributed by atoms with Crippen molar-refractivity contribution in [1.29, 1.82) is 0 Å². The second-order valence-corrected chi connectivity index (χ2v) is 3.42. The first-order valence-corrected chi connectivity index (χ1v) is 4.54. The number of carbonyl (C=O) groups excluding carboxylic acids is 1. The number of hydrogen-bond donors (Lipinski definition) is 0. The first kappa shape index (κ1) is 8.35. The highest BCUT2D eigenvalue weighted by atomic mass is 16.7. The second kappa shape index (κ2) is 2.76. The Morgan fingerprint density at radius 3 is 2.60 bits per heavy atom. The molecule has 0 spiro atoms. The van der Waals surface area contributed by atoms with Gasteiger partial charge < -0.3 is 14.2 Å². The molecule has 15 heavy (non-hydrogen) atoms. The molecular formula is C11H8O4. The zero-order chi connectivity index (χ0) is 10.4. The van der Waals surface area contributed by atoms with Gasteiger partial charge in [-0.25, -0.2) is 0 Å². The predicted octanol–water partition coefficient (Wildman–Crippen LogP) is 1.55. The van der Waals surface area contributed by atoms with E-state index in [1.54, 1.807) is 12.1 Å². The summed E-state index contributed by atoms with van der Waals surface area (Å²) in [6.45, 7) is 4.07. The predicted molar refractivity (Wildman–Crippen MR) is 51.5 cm³/mol. The van der Waals surface area contributed by atoms with Crippen LogP contribution in [0.15, 0.2) is 24.3 Å². The molecule has 2 aliphatic rings. The van der Waals surface area contributed by atoms with Gasteiger partial charge in [0.1, 0.15) is 12.4 Å². The average Bonchev–Trinajstić information content (AvgIpc) is 2.68. The van der Waals surface area contributed by atoms with Crippen LogP contribution in [0, 0.1) is 0 Å². The normalized spacial score (nSPS) is 17.3. The van der Waals surface area contributed by atoms with Crippen molar-refractivity contribution in [2.24, 2.45) is 0 Å². The van der Waals surface area contributed by atoms with Gasteiger partial charge in [-0.3, -0.25) is 4.79 Å². The van der Waals surface area contributed by atoms with Crippen molar-refractivity contribution in [3.63, 3.8) is 0 Å². The van der Waals surface area contributed by atoms with Gasteiger partial charge in [-0.15, -0.1) is 0 Å². The third-order valence-electron chi connectivity index (χ3n) is 2.44. The minimum Gasteiger partial charge on any atom is -0.488 e.